The maximum atomic E-state index is 12.9. The molecule has 7 nitrogen and oxygen atoms in total. The van der Waals surface area contributed by atoms with Crippen LogP contribution in [0.1, 0.15) is 40.0 Å². The predicted octanol–water partition coefficient (Wildman–Crippen LogP) is 1.39. The number of rotatable bonds is 3. The zero-order valence-corrected chi connectivity index (χ0v) is 17.7. The molecule has 2 aliphatic heterocycles. The first kappa shape index (κ1) is 20.0. The molecule has 4 rings (SSSR count). The van der Waals surface area contributed by atoms with Gasteiger partial charge >= 0.3 is 6.03 Å². The van der Waals surface area contributed by atoms with Crippen molar-refractivity contribution in [3.63, 3.8) is 0 Å². The molecule has 2 saturated carbocycles. The van der Waals surface area contributed by atoms with Gasteiger partial charge in [0.2, 0.25) is 5.91 Å². The molecule has 0 aromatic carbocycles. The van der Waals surface area contributed by atoms with Gasteiger partial charge in [-0.2, -0.15) is 0 Å². The van der Waals surface area contributed by atoms with Gasteiger partial charge in [0.15, 0.2) is 0 Å². The van der Waals surface area contributed by atoms with Crippen LogP contribution in [-0.2, 0) is 9.53 Å². The van der Waals surface area contributed by atoms with Gasteiger partial charge < -0.3 is 19.9 Å². The topological polar surface area (TPSA) is 65.1 Å². The summed E-state index contributed by atoms with van der Waals surface area (Å²) >= 11 is 0. The lowest BCUT2D eigenvalue weighted by atomic mass is 9.69. The van der Waals surface area contributed by atoms with Gasteiger partial charge in [-0.3, -0.25) is 9.69 Å². The van der Waals surface area contributed by atoms with Crippen LogP contribution in [0.3, 0.4) is 0 Å². The molecule has 2 aliphatic carbocycles. The average molecular weight is 393 g/mol. The number of nitrogens with zero attached hydrogens (tertiary/aromatic N) is 3. The third-order valence-corrected chi connectivity index (χ3v) is 8.47. The number of nitrogens with one attached hydrogen (secondary N) is 1. The second-order valence-corrected chi connectivity index (χ2v) is 9.87. The third kappa shape index (κ3) is 3.41. The highest BCUT2D eigenvalue weighted by molar-refractivity contribution is 5.79. The van der Waals surface area contributed by atoms with E-state index in [0.717, 1.165) is 25.4 Å². The number of piperazine rings is 1. The Balaban J connectivity index is 1.25. The van der Waals surface area contributed by atoms with Gasteiger partial charge in [-0.25, -0.2) is 4.79 Å². The van der Waals surface area contributed by atoms with Gasteiger partial charge in [-0.15, -0.1) is 0 Å². The summed E-state index contributed by atoms with van der Waals surface area (Å²) in [5.74, 6) is 0.891. The molecule has 0 radical (unpaired) electrons. The summed E-state index contributed by atoms with van der Waals surface area (Å²) in [7, 11) is 0. The van der Waals surface area contributed by atoms with Crippen LogP contribution in [0.2, 0.25) is 0 Å². The standard InChI is InChI=1S/C21H36N4O3/c1-20(2)16-4-5-21(20,3)17(14-16)22-19(27)25-8-6-24(7-9-25)18(26)15-23-10-12-28-13-11-23/h16-17H,4-15H2,1-3H3,(H,22,27). The largest absolute Gasteiger partial charge is 0.379 e. The quantitative estimate of drug-likeness (QED) is 0.788. The zero-order valence-electron chi connectivity index (χ0n) is 17.7. The summed E-state index contributed by atoms with van der Waals surface area (Å²) in [6.45, 7) is 13.1. The number of morpholine rings is 1. The summed E-state index contributed by atoms with van der Waals surface area (Å²) in [5, 5.41) is 3.35. The van der Waals surface area contributed by atoms with Crippen LogP contribution < -0.4 is 5.32 Å². The highest BCUT2D eigenvalue weighted by atomic mass is 16.5. The van der Waals surface area contributed by atoms with Crippen molar-refractivity contribution in [2.45, 2.75) is 46.1 Å². The molecule has 28 heavy (non-hydrogen) atoms. The van der Waals surface area contributed by atoms with Crippen molar-refractivity contribution in [2.75, 3.05) is 59.0 Å². The lowest BCUT2D eigenvalue weighted by Crippen LogP contribution is -2.57. The van der Waals surface area contributed by atoms with Gasteiger partial charge in [-0.1, -0.05) is 20.8 Å². The van der Waals surface area contributed by atoms with E-state index in [1.54, 1.807) is 0 Å². The van der Waals surface area contributed by atoms with Crippen LogP contribution >= 0.6 is 0 Å². The zero-order chi connectivity index (χ0) is 19.9. The van der Waals surface area contributed by atoms with Crippen molar-refractivity contribution in [2.24, 2.45) is 16.7 Å². The van der Waals surface area contributed by atoms with Gasteiger partial charge in [0.05, 0.1) is 19.8 Å². The monoisotopic (exact) mass is 392 g/mol. The first-order valence-electron chi connectivity index (χ1n) is 10.9. The first-order valence-corrected chi connectivity index (χ1v) is 10.9. The second kappa shape index (κ2) is 7.48. The Hall–Kier alpha value is -1.34. The molecular weight excluding hydrogens is 356 g/mol. The van der Waals surface area contributed by atoms with Gasteiger partial charge in [0, 0.05) is 45.3 Å². The molecule has 2 saturated heterocycles. The second-order valence-electron chi connectivity index (χ2n) is 9.87. The maximum Gasteiger partial charge on any atom is 0.317 e. The number of carbonyl (C=O) groups is 2. The van der Waals surface area contributed by atoms with E-state index >= 15 is 0 Å². The SMILES string of the molecule is CC1(C)C2CCC1(C)C(NC(=O)N1CCN(C(=O)CN3CCOCC3)CC1)C2. The predicted molar refractivity (Wildman–Crippen MR) is 107 cm³/mol. The van der Waals surface area contributed by atoms with Crippen LogP contribution in [-0.4, -0.2) is 91.7 Å². The number of urea groups is 1. The highest BCUT2D eigenvalue weighted by Crippen LogP contribution is 2.65. The fourth-order valence-corrected chi connectivity index (χ4v) is 5.87. The smallest absolute Gasteiger partial charge is 0.317 e. The number of carbonyl (C=O) groups excluding carboxylic acids is 2. The van der Waals surface area contributed by atoms with Crippen LogP contribution in [0.15, 0.2) is 0 Å². The number of hydrogen-bond acceptors (Lipinski definition) is 4. The number of amides is 3. The van der Waals surface area contributed by atoms with E-state index in [4.69, 9.17) is 4.74 Å². The highest BCUT2D eigenvalue weighted by Gasteiger charge is 2.61. The Morgan fingerprint density at radius 3 is 2.21 bits per heavy atom. The summed E-state index contributed by atoms with van der Waals surface area (Å²) in [6, 6.07) is 0.324. The van der Waals surface area contributed by atoms with E-state index in [1.807, 2.05) is 9.80 Å². The Morgan fingerprint density at radius 1 is 1.00 bits per heavy atom. The molecule has 2 bridgehead atoms. The van der Waals surface area contributed by atoms with E-state index in [0.29, 0.717) is 51.4 Å². The molecule has 158 valence electrons. The van der Waals surface area contributed by atoms with Crippen molar-refractivity contribution < 1.29 is 14.3 Å². The Kier molecular flexibility index (Phi) is 5.33. The molecule has 4 fully saturated rings. The summed E-state index contributed by atoms with van der Waals surface area (Å²) in [6.07, 6.45) is 3.60. The molecule has 7 heteroatoms. The normalized spacial score (nSPS) is 35.2. The molecule has 0 spiro atoms. The molecule has 3 amide bonds. The molecule has 0 aromatic heterocycles. The Bertz CT molecular complexity index is 611. The third-order valence-electron chi connectivity index (χ3n) is 8.47. The van der Waals surface area contributed by atoms with Crippen molar-refractivity contribution in [3.8, 4) is 0 Å². The molecule has 2 heterocycles. The molecular formula is C21H36N4O3. The summed E-state index contributed by atoms with van der Waals surface area (Å²) in [5.41, 5.74) is 0.499. The number of ether oxygens (including phenoxy) is 1. The van der Waals surface area contributed by atoms with Crippen molar-refractivity contribution in [1.29, 1.82) is 0 Å². The Labute approximate surface area is 168 Å². The minimum Gasteiger partial charge on any atom is -0.379 e. The molecule has 4 aliphatic rings. The molecule has 3 atom stereocenters. The average Bonchev–Trinajstić information content (AvgIpc) is 3.02. The summed E-state index contributed by atoms with van der Waals surface area (Å²) in [4.78, 5) is 31.4. The van der Waals surface area contributed by atoms with Crippen molar-refractivity contribution in [1.82, 2.24) is 20.0 Å². The van der Waals surface area contributed by atoms with E-state index in [2.05, 4.69) is 31.0 Å². The molecule has 0 aromatic rings. The van der Waals surface area contributed by atoms with Crippen LogP contribution in [0.25, 0.3) is 0 Å². The minimum absolute atomic E-state index is 0.0508. The van der Waals surface area contributed by atoms with Crippen molar-refractivity contribution >= 4 is 11.9 Å². The number of fused-ring (bicyclic) bond motifs is 2. The fourth-order valence-electron chi connectivity index (χ4n) is 5.87. The molecule has 1 N–H and O–H groups in total. The van der Waals surface area contributed by atoms with E-state index in [-0.39, 0.29) is 23.4 Å². The number of hydrogen-bond donors (Lipinski definition) is 1. The van der Waals surface area contributed by atoms with E-state index in [9.17, 15) is 9.59 Å². The minimum atomic E-state index is 0.0508. The van der Waals surface area contributed by atoms with Gasteiger partial charge in [-0.05, 0) is 36.0 Å². The maximum absolute atomic E-state index is 12.9. The fraction of sp³-hybridized carbons (Fsp3) is 0.905. The van der Waals surface area contributed by atoms with Crippen LogP contribution in [0.5, 0.6) is 0 Å². The lowest BCUT2D eigenvalue weighted by molar-refractivity contribution is -0.134. The van der Waals surface area contributed by atoms with Crippen molar-refractivity contribution in [3.05, 3.63) is 0 Å². The Morgan fingerprint density at radius 2 is 1.64 bits per heavy atom. The van der Waals surface area contributed by atoms with E-state index in [1.165, 1.54) is 12.8 Å². The van der Waals surface area contributed by atoms with Gasteiger partial charge in [0.1, 0.15) is 0 Å². The molecule has 3 unspecified atom stereocenters. The van der Waals surface area contributed by atoms with Gasteiger partial charge in [0.25, 0.3) is 0 Å². The lowest BCUT2D eigenvalue weighted by Gasteiger charge is -2.41. The first-order chi connectivity index (χ1) is 13.3. The van der Waals surface area contributed by atoms with E-state index < -0.39 is 0 Å². The summed E-state index contributed by atoms with van der Waals surface area (Å²) < 4.78 is 5.34. The van der Waals surface area contributed by atoms with Crippen LogP contribution in [0.4, 0.5) is 4.79 Å². The van der Waals surface area contributed by atoms with Crippen LogP contribution in [0, 0.1) is 16.7 Å².